The van der Waals surface area contributed by atoms with Crippen molar-refractivity contribution in [2.45, 2.75) is 296 Å². The summed E-state index contributed by atoms with van der Waals surface area (Å²) >= 11 is 0. The summed E-state index contributed by atoms with van der Waals surface area (Å²) in [6.07, 6.45) is 65.6. The van der Waals surface area contributed by atoms with Gasteiger partial charge in [0.2, 0.25) is 5.91 Å². The highest BCUT2D eigenvalue weighted by molar-refractivity contribution is 5.77. The number of unbranched alkanes of at least 4 members (excludes halogenated alkanes) is 28. The van der Waals surface area contributed by atoms with Crippen LogP contribution in [0.4, 0.5) is 0 Å². The second kappa shape index (κ2) is 52.5. The molecule has 3 unspecified atom stereocenters. The van der Waals surface area contributed by atoms with Crippen molar-refractivity contribution in [1.29, 1.82) is 0 Å². The lowest BCUT2D eigenvalue weighted by molar-refractivity contribution is -0.151. The van der Waals surface area contributed by atoms with E-state index >= 15 is 0 Å². The molecule has 3 N–H and O–H groups in total. The van der Waals surface area contributed by atoms with Gasteiger partial charge in [0.15, 0.2) is 0 Å². The van der Waals surface area contributed by atoms with Gasteiger partial charge in [-0.15, -0.1) is 0 Å². The molecule has 0 aromatic heterocycles. The van der Waals surface area contributed by atoms with E-state index in [0.29, 0.717) is 19.3 Å². The van der Waals surface area contributed by atoms with Crippen molar-refractivity contribution >= 4 is 11.9 Å². The summed E-state index contributed by atoms with van der Waals surface area (Å²) < 4.78 is 5.94. The first-order chi connectivity index (χ1) is 32.0. The number of carbonyl (C=O) groups is 2. The molecule has 3 atom stereocenters. The molecule has 1 amide bonds. The Hall–Kier alpha value is -2.44. The predicted octanol–water partition coefficient (Wildman–Crippen LogP) is 17.2. The first-order valence-corrected chi connectivity index (χ1v) is 28.0. The van der Waals surface area contributed by atoms with Gasteiger partial charge in [0.05, 0.1) is 25.2 Å². The summed E-state index contributed by atoms with van der Waals surface area (Å²) in [5.41, 5.74) is 0. The van der Waals surface area contributed by atoms with Crippen molar-refractivity contribution in [1.82, 2.24) is 5.32 Å². The lowest BCUT2D eigenvalue weighted by atomic mass is 10.0. The second-order valence-corrected chi connectivity index (χ2v) is 19.0. The maximum atomic E-state index is 13.2. The minimum Gasteiger partial charge on any atom is -0.462 e. The molecule has 65 heavy (non-hydrogen) atoms. The van der Waals surface area contributed by atoms with Crippen LogP contribution in [0.5, 0.6) is 0 Å². The van der Waals surface area contributed by atoms with Crippen LogP contribution < -0.4 is 5.32 Å². The van der Waals surface area contributed by atoms with Crippen molar-refractivity contribution < 1.29 is 24.5 Å². The lowest BCUT2D eigenvalue weighted by Crippen LogP contribution is -2.46. The first-order valence-electron chi connectivity index (χ1n) is 28.0. The fourth-order valence-electron chi connectivity index (χ4n) is 8.40. The van der Waals surface area contributed by atoms with Gasteiger partial charge >= 0.3 is 5.97 Å². The summed E-state index contributed by atoms with van der Waals surface area (Å²) in [5.74, 6) is -0.502. The molecular formula is C59H107NO5. The Kier molecular flexibility index (Phi) is 50.6. The normalized spacial score (nSPS) is 13.6. The number of aliphatic hydroxyl groups excluding tert-OH is 2. The number of allylic oxidation sites excluding steroid dienone is 10. The molecule has 0 aliphatic carbocycles. The topological polar surface area (TPSA) is 95.9 Å². The largest absolute Gasteiger partial charge is 0.462 e. The third kappa shape index (κ3) is 47.8. The fourth-order valence-corrected chi connectivity index (χ4v) is 8.40. The number of hydrogen-bond acceptors (Lipinski definition) is 5. The average Bonchev–Trinajstić information content (AvgIpc) is 3.30. The molecule has 378 valence electrons. The SMILES string of the molecule is CC/C=C\C/C=C\C/C=C\C/C=C\C/C=C\CCCCCC(=O)OC(CCCCCCCCCCCCCCC)CC(=O)NC(CO)C(O)CCCCCCCCCCCCCCCC. The lowest BCUT2D eigenvalue weighted by Gasteiger charge is -2.24. The van der Waals surface area contributed by atoms with Crippen LogP contribution in [-0.2, 0) is 14.3 Å². The maximum Gasteiger partial charge on any atom is 0.306 e. The number of rotatable bonds is 50. The summed E-state index contributed by atoms with van der Waals surface area (Å²) in [5, 5.41) is 23.8. The molecular weight excluding hydrogens is 803 g/mol. The standard InChI is InChI=1S/C59H107NO5/c1-4-7-10-13-16-19-22-25-27-28-29-30-31-34-37-40-43-46-49-52-59(64)65-55(50-47-44-41-38-35-32-24-21-18-15-12-9-6-3)53-58(63)60-56(54-61)57(62)51-48-45-42-39-36-33-26-23-20-17-14-11-8-5-2/h7,10,16,19,25,27,29-30,34,37,55-57,61-62H,4-6,8-9,11-15,17-18,20-24,26,28,31-33,35-36,38-54H2,1-3H3,(H,60,63)/b10-7-,19-16-,27-25-,30-29-,37-34-. The first kappa shape index (κ1) is 62.6. The molecule has 6 heteroatoms. The highest BCUT2D eigenvalue weighted by atomic mass is 16.5. The van der Waals surface area contributed by atoms with Gasteiger partial charge in [0.25, 0.3) is 0 Å². The molecule has 0 spiro atoms. The number of carbonyl (C=O) groups excluding carboxylic acids is 2. The second-order valence-electron chi connectivity index (χ2n) is 19.0. The Morgan fingerprint density at radius 2 is 0.831 bits per heavy atom. The van der Waals surface area contributed by atoms with E-state index in [1.54, 1.807) is 0 Å². The van der Waals surface area contributed by atoms with Gasteiger partial charge in [-0.3, -0.25) is 9.59 Å². The third-order valence-electron chi connectivity index (χ3n) is 12.6. The molecule has 0 aliphatic heterocycles. The monoisotopic (exact) mass is 910 g/mol. The van der Waals surface area contributed by atoms with E-state index in [2.05, 4.69) is 86.8 Å². The van der Waals surface area contributed by atoms with E-state index in [1.165, 1.54) is 141 Å². The van der Waals surface area contributed by atoms with Crippen molar-refractivity contribution in [3.05, 3.63) is 60.8 Å². The number of esters is 1. The van der Waals surface area contributed by atoms with Crippen molar-refractivity contribution in [3.63, 3.8) is 0 Å². The number of aliphatic hydroxyl groups is 2. The summed E-state index contributed by atoms with van der Waals surface area (Å²) in [6.45, 7) is 6.38. The minimum atomic E-state index is -0.794. The number of nitrogens with one attached hydrogen (secondary N) is 1. The third-order valence-corrected chi connectivity index (χ3v) is 12.6. The molecule has 6 nitrogen and oxygen atoms in total. The van der Waals surface area contributed by atoms with Crippen molar-refractivity contribution in [3.8, 4) is 0 Å². The van der Waals surface area contributed by atoms with Crippen molar-refractivity contribution in [2.24, 2.45) is 0 Å². The predicted molar refractivity (Wildman–Crippen MR) is 282 cm³/mol. The molecule has 0 radical (unpaired) electrons. The molecule has 0 rings (SSSR count). The Labute approximate surface area is 403 Å². The van der Waals surface area contributed by atoms with E-state index < -0.39 is 18.2 Å². The van der Waals surface area contributed by atoms with Crippen LogP contribution in [0.15, 0.2) is 60.8 Å². The van der Waals surface area contributed by atoms with Crippen LogP contribution in [0.25, 0.3) is 0 Å². The van der Waals surface area contributed by atoms with Gasteiger partial charge in [-0.25, -0.2) is 0 Å². The van der Waals surface area contributed by atoms with Crippen LogP contribution in [0.3, 0.4) is 0 Å². The molecule has 0 aliphatic rings. The van der Waals surface area contributed by atoms with Gasteiger partial charge in [-0.1, -0.05) is 255 Å². The van der Waals surface area contributed by atoms with Crippen molar-refractivity contribution in [2.75, 3.05) is 6.61 Å². The van der Waals surface area contributed by atoms with E-state index in [0.717, 1.165) is 89.9 Å². The molecule has 0 saturated heterocycles. The van der Waals surface area contributed by atoms with Gasteiger partial charge in [0.1, 0.15) is 6.10 Å². The zero-order chi connectivity index (χ0) is 47.4. The van der Waals surface area contributed by atoms with Crippen LogP contribution in [0.1, 0.15) is 278 Å². The van der Waals surface area contributed by atoms with Gasteiger partial charge in [-0.05, 0) is 70.6 Å². The van der Waals surface area contributed by atoms with Gasteiger partial charge in [0, 0.05) is 6.42 Å². The molecule has 0 fully saturated rings. The Balaban J connectivity index is 4.59. The smallest absolute Gasteiger partial charge is 0.306 e. The molecule has 0 aromatic carbocycles. The van der Waals surface area contributed by atoms with E-state index in [9.17, 15) is 19.8 Å². The highest BCUT2D eigenvalue weighted by Gasteiger charge is 2.24. The summed E-state index contributed by atoms with van der Waals surface area (Å²) in [6, 6.07) is -0.708. The van der Waals surface area contributed by atoms with Crippen LogP contribution in [0, 0.1) is 0 Å². The maximum absolute atomic E-state index is 13.2. The minimum absolute atomic E-state index is 0.0656. The molecule has 0 aromatic rings. The van der Waals surface area contributed by atoms with Gasteiger partial charge < -0.3 is 20.3 Å². The van der Waals surface area contributed by atoms with Gasteiger partial charge in [-0.2, -0.15) is 0 Å². The zero-order valence-corrected chi connectivity index (χ0v) is 43.1. The average molecular weight is 911 g/mol. The fraction of sp³-hybridized carbons (Fsp3) is 0.797. The Morgan fingerprint density at radius 1 is 0.462 bits per heavy atom. The van der Waals surface area contributed by atoms with E-state index in [4.69, 9.17) is 4.74 Å². The summed E-state index contributed by atoms with van der Waals surface area (Å²) in [7, 11) is 0. The zero-order valence-electron chi connectivity index (χ0n) is 43.1. The van der Waals surface area contributed by atoms with Crippen LogP contribution in [-0.4, -0.2) is 46.9 Å². The number of hydrogen-bond donors (Lipinski definition) is 3. The van der Waals surface area contributed by atoms with Crippen LogP contribution >= 0.6 is 0 Å². The van der Waals surface area contributed by atoms with E-state index in [-0.39, 0.29) is 24.9 Å². The molecule has 0 saturated carbocycles. The summed E-state index contributed by atoms with van der Waals surface area (Å²) in [4.78, 5) is 26.2. The van der Waals surface area contributed by atoms with Crippen LogP contribution in [0.2, 0.25) is 0 Å². The quantitative estimate of drug-likeness (QED) is 0.0321. The Morgan fingerprint density at radius 3 is 1.25 bits per heavy atom. The number of ether oxygens (including phenoxy) is 1. The molecule has 0 heterocycles. The highest BCUT2D eigenvalue weighted by Crippen LogP contribution is 2.18. The number of amides is 1. The Bertz CT molecular complexity index is 1160. The van der Waals surface area contributed by atoms with E-state index in [1.807, 2.05) is 0 Å². The molecule has 0 bridgehead atoms.